The Morgan fingerprint density at radius 2 is 1.94 bits per heavy atom. The van der Waals surface area contributed by atoms with Crippen LogP contribution in [0, 0.1) is 0 Å². The zero-order chi connectivity index (χ0) is 22.2. The van der Waals surface area contributed by atoms with Crippen molar-refractivity contribution in [3.8, 4) is 17.0 Å². The number of carbonyl (C=O) groups excluding carboxylic acids is 2. The van der Waals surface area contributed by atoms with E-state index >= 15 is 0 Å². The largest absolute Gasteiger partial charge is 0.497 e. The van der Waals surface area contributed by atoms with Crippen LogP contribution in [0.15, 0.2) is 36.4 Å². The number of aromatic nitrogens is 2. The molecule has 0 unspecified atom stereocenters. The van der Waals surface area contributed by atoms with Crippen LogP contribution >= 0.6 is 0 Å². The lowest BCUT2D eigenvalue weighted by Crippen LogP contribution is -2.43. The molecule has 31 heavy (non-hydrogen) atoms. The van der Waals surface area contributed by atoms with Gasteiger partial charge in [-0.25, -0.2) is 0 Å². The molecule has 0 bridgehead atoms. The van der Waals surface area contributed by atoms with Gasteiger partial charge in [-0.3, -0.25) is 9.59 Å². The van der Waals surface area contributed by atoms with Crippen molar-refractivity contribution in [3.05, 3.63) is 36.4 Å². The molecule has 0 saturated carbocycles. The van der Waals surface area contributed by atoms with Crippen LogP contribution < -0.4 is 9.64 Å². The minimum atomic E-state index is -0.0574. The van der Waals surface area contributed by atoms with Gasteiger partial charge in [0.2, 0.25) is 11.8 Å². The Balaban J connectivity index is 1.61. The number of carbonyl (C=O) groups is 2. The fourth-order valence-corrected chi connectivity index (χ4v) is 3.71. The Hall–Kier alpha value is -3.16. The Labute approximate surface area is 183 Å². The molecule has 1 fully saturated rings. The molecule has 0 aliphatic carbocycles. The highest BCUT2D eigenvalue weighted by Crippen LogP contribution is 2.23. The van der Waals surface area contributed by atoms with Crippen molar-refractivity contribution < 1.29 is 14.3 Å². The van der Waals surface area contributed by atoms with Crippen LogP contribution in [-0.2, 0) is 9.59 Å². The van der Waals surface area contributed by atoms with Gasteiger partial charge in [-0.1, -0.05) is 19.1 Å². The maximum Gasteiger partial charge on any atom is 0.242 e. The number of nitrogens with zero attached hydrogens (tertiary/aromatic N) is 5. The van der Waals surface area contributed by atoms with E-state index in [0.717, 1.165) is 42.2 Å². The van der Waals surface area contributed by atoms with E-state index in [0.29, 0.717) is 26.2 Å². The molecule has 0 atom stereocenters. The van der Waals surface area contributed by atoms with Crippen molar-refractivity contribution in [1.82, 2.24) is 20.0 Å². The molecular formula is C23H31N5O3. The van der Waals surface area contributed by atoms with E-state index in [4.69, 9.17) is 4.74 Å². The summed E-state index contributed by atoms with van der Waals surface area (Å²) in [6.45, 7) is 7.06. The van der Waals surface area contributed by atoms with Crippen molar-refractivity contribution >= 4 is 17.6 Å². The highest BCUT2D eigenvalue weighted by molar-refractivity contribution is 5.84. The molecule has 166 valence electrons. The van der Waals surface area contributed by atoms with E-state index in [9.17, 15) is 9.59 Å². The molecule has 2 heterocycles. The minimum absolute atomic E-state index is 0.00459. The molecular weight excluding hydrogens is 394 g/mol. The third kappa shape index (κ3) is 5.93. The number of rotatable bonds is 7. The minimum Gasteiger partial charge on any atom is -0.497 e. The Morgan fingerprint density at radius 1 is 1.10 bits per heavy atom. The monoisotopic (exact) mass is 425 g/mol. The van der Waals surface area contributed by atoms with Gasteiger partial charge < -0.3 is 19.4 Å². The van der Waals surface area contributed by atoms with E-state index < -0.39 is 0 Å². The molecule has 1 saturated heterocycles. The van der Waals surface area contributed by atoms with Gasteiger partial charge in [-0.2, -0.15) is 0 Å². The first kappa shape index (κ1) is 22.5. The average molecular weight is 426 g/mol. The summed E-state index contributed by atoms with van der Waals surface area (Å²) in [4.78, 5) is 30.1. The van der Waals surface area contributed by atoms with Crippen LogP contribution in [-0.4, -0.2) is 78.2 Å². The summed E-state index contributed by atoms with van der Waals surface area (Å²) in [5.41, 5.74) is 1.74. The van der Waals surface area contributed by atoms with Crippen molar-refractivity contribution in [3.63, 3.8) is 0 Å². The van der Waals surface area contributed by atoms with E-state index in [-0.39, 0.29) is 18.4 Å². The van der Waals surface area contributed by atoms with Crippen LogP contribution in [0.3, 0.4) is 0 Å². The fraction of sp³-hybridized carbons (Fsp3) is 0.478. The number of methoxy groups -OCH3 is 1. The van der Waals surface area contributed by atoms with E-state index in [1.165, 1.54) is 6.92 Å². The van der Waals surface area contributed by atoms with Gasteiger partial charge in [0.15, 0.2) is 5.82 Å². The highest BCUT2D eigenvalue weighted by atomic mass is 16.5. The second kappa shape index (κ2) is 10.7. The van der Waals surface area contributed by atoms with Crippen LogP contribution in [0.25, 0.3) is 11.3 Å². The van der Waals surface area contributed by atoms with Gasteiger partial charge in [0.1, 0.15) is 5.75 Å². The number of amides is 2. The lowest BCUT2D eigenvalue weighted by Gasteiger charge is -2.26. The van der Waals surface area contributed by atoms with Gasteiger partial charge in [-0.05, 0) is 37.1 Å². The molecule has 0 radical (unpaired) electrons. The molecule has 8 nitrogen and oxygen atoms in total. The van der Waals surface area contributed by atoms with Gasteiger partial charge in [0.25, 0.3) is 0 Å². The number of hydrogen-bond acceptors (Lipinski definition) is 6. The average Bonchev–Trinajstić information content (AvgIpc) is 3.05. The van der Waals surface area contributed by atoms with Crippen molar-refractivity contribution in [2.24, 2.45) is 0 Å². The topological polar surface area (TPSA) is 78.9 Å². The molecule has 2 amide bonds. The van der Waals surface area contributed by atoms with Crippen molar-refractivity contribution in [2.45, 2.75) is 26.7 Å². The van der Waals surface area contributed by atoms with Crippen LogP contribution in [0.2, 0.25) is 0 Å². The second-order valence-electron chi connectivity index (χ2n) is 7.67. The van der Waals surface area contributed by atoms with Crippen LogP contribution in [0.1, 0.15) is 26.7 Å². The van der Waals surface area contributed by atoms with Gasteiger partial charge in [0, 0.05) is 45.2 Å². The zero-order valence-electron chi connectivity index (χ0n) is 18.6. The molecule has 2 aromatic rings. The predicted octanol–water partition coefficient (Wildman–Crippen LogP) is 2.45. The molecule has 0 N–H and O–H groups in total. The summed E-state index contributed by atoms with van der Waals surface area (Å²) in [5, 5.41) is 8.81. The smallest absolute Gasteiger partial charge is 0.242 e. The van der Waals surface area contributed by atoms with Crippen molar-refractivity contribution in [1.29, 1.82) is 0 Å². The maximum absolute atomic E-state index is 12.7. The summed E-state index contributed by atoms with van der Waals surface area (Å²) in [6.07, 6.45) is 1.68. The molecule has 1 aromatic carbocycles. The number of anilines is 1. The van der Waals surface area contributed by atoms with E-state index in [2.05, 4.69) is 15.1 Å². The quantitative estimate of drug-likeness (QED) is 0.678. The van der Waals surface area contributed by atoms with E-state index in [1.54, 1.807) is 12.0 Å². The number of hydrogen-bond donors (Lipinski definition) is 0. The molecule has 0 spiro atoms. The lowest BCUT2D eigenvalue weighted by atomic mass is 10.1. The zero-order valence-corrected chi connectivity index (χ0v) is 18.6. The van der Waals surface area contributed by atoms with Gasteiger partial charge in [-0.15, -0.1) is 10.2 Å². The summed E-state index contributed by atoms with van der Waals surface area (Å²) in [7, 11) is 1.64. The Morgan fingerprint density at radius 3 is 2.61 bits per heavy atom. The summed E-state index contributed by atoms with van der Waals surface area (Å²) in [5.74, 6) is 1.53. The first-order chi connectivity index (χ1) is 15.0. The van der Waals surface area contributed by atoms with Gasteiger partial charge in [0.05, 0.1) is 19.3 Å². The fourth-order valence-electron chi connectivity index (χ4n) is 3.71. The predicted molar refractivity (Wildman–Crippen MR) is 120 cm³/mol. The van der Waals surface area contributed by atoms with Crippen LogP contribution in [0.5, 0.6) is 5.75 Å². The van der Waals surface area contributed by atoms with Crippen molar-refractivity contribution in [2.75, 3.05) is 51.3 Å². The molecule has 3 rings (SSSR count). The first-order valence-electron chi connectivity index (χ1n) is 10.8. The third-order valence-corrected chi connectivity index (χ3v) is 5.45. The second-order valence-corrected chi connectivity index (χ2v) is 7.67. The Bertz CT molecular complexity index is 887. The third-order valence-electron chi connectivity index (χ3n) is 5.45. The maximum atomic E-state index is 12.7. The van der Waals surface area contributed by atoms with Gasteiger partial charge >= 0.3 is 0 Å². The number of ether oxygens (including phenoxy) is 1. The molecule has 1 aliphatic rings. The molecule has 1 aliphatic heterocycles. The number of benzene rings is 1. The molecule has 8 heteroatoms. The standard InChI is InChI=1S/C23H31N5O3/c1-4-11-28(18(2)29)17-23(30)27-13-6-12-26(14-15-27)22-10-9-21(24-25-22)19-7-5-8-20(16-19)31-3/h5,7-10,16H,4,6,11-15,17H2,1-3H3. The Kier molecular flexibility index (Phi) is 7.81. The van der Waals surface area contributed by atoms with E-state index in [1.807, 2.05) is 48.2 Å². The SMILES string of the molecule is CCCN(CC(=O)N1CCCN(c2ccc(-c3cccc(OC)c3)nn2)CC1)C(C)=O. The highest BCUT2D eigenvalue weighted by Gasteiger charge is 2.22. The summed E-state index contributed by atoms with van der Waals surface area (Å²) < 4.78 is 5.28. The summed E-state index contributed by atoms with van der Waals surface area (Å²) >= 11 is 0. The lowest BCUT2D eigenvalue weighted by molar-refractivity contribution is -0.139. The first-order valence-corrected chi connectivity index (χ1v) is 10.8. The molecule has 1 aromatic heterocycles. The van der Waals surface area contributed by atoms with Crippen LogP contribution in [0.4, 0.5) is 5.82 Å². The summed E-state index contributed by atoms with van der Waals surface area (Å²) in [6, 6.07) is 11.7. The normalized spacial score (nSPS) is 14.2.